The van der Waals surface area contributed by atoms with Crippen molar-refractivity contribution in [3.8, 4) is 0 Å². The molecular formula is C13H26N4. The number of nitrogens with two attached hydrogens (primary N) is 1. The van der Waals surface area contributed by atoms with E-state index in [1.165, 1.54) is 0 Å². The molecule has 1 aromatic rings. The largest absolute Gasteiger partial charge is 0.332 e. The maximum absolute atomic E-state index is 5.91. The van der Waals surface area contributed by atoms with Crippen molar-refractivity contribution in [1.29, 1.82) is 0 Å². The third-order valence-electron chi connectivity index (χ3n) is 3.14. The van der Waals surface area contributed by atoms with Crippen LogP contribution in [-0.4, -0.2) is 33.1 Å². The summed E-state index contributed by atoms with van der Waals surface area (Å²) >= 11 is 0. The Morgan fingerprint density at radius 1 is 1.24 bits per heavy atom. The second-order valence-electron chi connectivity index (χ2n) is 5.23. The molecule has 1 aromatic heterocycles. The average molecular weight is 238 g/mol. The molecule has 1 heterocycles. The average Bonchev–Trinajstić information content (AvgIpc) is 2.64. The van der Waals surface area contributed by atoms with E-state index in [0.29, 0.717) is 12.1 Å². The van der Waals surface area contributed by atoms with Gasteiger partial charge in [0, 0.05) is 37.4 Å². The van der Waals surface area contributed by atoms with Crippen molar-refractivity contribution in [1.82, 2.24) is 14.5 Å². The van der Waals surface area contributed by atoms with Crippen LogP contribution in [0, 0.1) is 0 Å². The van der Waals surface area contributed by atoms with E-state index >= 15 is 0 Å². The smallest absolute Gasteiger partial charge is 0.0949 e. The van der Waals surface area contributed by atoms with Crippen LogP contribution in [0.15, 0.2) is 12.5 Å². The summed E-state index contributed by atoms with van der Waals surface area (Å²) in [4.78, 5) is 6.65. The first-order valence-electron chi connectivity index (χ1n) is 6.44. The van der Waals surface area contributed by atoms with Crippen LogP contribution in [0.2, 0.25) is 0 Å². The van der Waals surface area contributed by atoms with E-state index in [0.717, 1.165) is 18.8 Å². The third-order valence-corrected chi connectivity index (χ3v) is 3.14. The van der Waals surface area contributed by atoms with E-state index < -0.39 is 0 Å². The molecule has 4 nitrogen and oxygen atoms in total. The quantitative estimate of drug-likeness (QED) is 0.825. The van der Waals surface area contributed by atoms with Gasteiger partial charge in [-0.05, 0) is 34.6 Å². The zero-order valence-corrected chi connectivity index (χ0v) is 11.7. The molecule has 0 bridgehead atoms. The van der Waals surface area contributed by atoms with Crippen LogP contribution in [0.3, 0.4) is 0 Å². The molecule has 17 heavy (non-hydrogen) atoms. The maximum atomic E-state index is 5.91. The highest BCUT2D eigenvalue weighted by molar-refractivity contribution is 5.03. The fraction of sp³-hybridized carbons (Fsp3) is 0.769. The summed E-state index contributed by atoms with van der Waals surface area (Å²) in [6, 6.07) is 1.18. The molecule has 98 valence electrons. The number of aromatic nitrogens is 2. The molecule has 0 radical (unpaired) electrons. The lowest BCUT2D eigenvalue weighted by molar-refractivity contribution is 0.167. The first-order chi connectivity index (χ1) is 7.93. The van der Waals surface area contributed by atoms with Gasteiger partial charge in [0.1, 0.15) is 0 Å². The molecule has 4 heteroatoms. The van der Waals surface area contributed by atoms with Crippen LogP contribution >= 0.6 is 0 Å². The van der Waals surface area contributed by atoms with Gasteiger partial charge in [-0.25, -0.2) is 4.98 Å². The van der Waals surface area contributed by atoms with Crippen molar-refractivity contribution in [2.45, 2.75) is 59.3 Å². The number of nitrogens with zero attached hydrogens (tertiary/aromatic N) is 3. The lowest BCUT2D eigenvalue weighted by Crippen LogP contribution is -2.39. The zero-order chi connectivity index (χ0) is 13.0. The molecule has 1 atom stereocenters. The normalized spacial score (nSPS) is 13.9. The highest BCUT2D eigenvalue weighted by Gasteiger charge is 2.14. The summed E-state index contributed by atoms with van der Waals surface area (Å²) in [6.07, 6.45) is 3.73. The Hall–Kier alpha value is -0.870. The van der Waals surface area contributed by atoms with Gasteiger partial charge in [-0.3, -0.25) is 4.90 Å². The van der Waals surface area contributed by atoms with Gasteiger partial charge < -0.3 is 10.3 Å². The summed E-state index contributed by atoms with van der Waals surface area (Å²) < 4.78 is 2.16. The predicted molar refractivity (Wildman–Crippen MR) is 71.8 cm³/mol. The van der Waals surface area contributed by atoms with Gasteiger partial charge in [-0.1, -0.05) is 0 Å². The van der Waals surface area contributed by atoms with Crippen molar-refractivity contribution < 1.29 is 0 Å². The lowest BCUT2D eigenvalue weighted by atomic mass is 10.2. The molecule has 0 unspecified atom stereocenters. The Morgan fingerprint density at radius 3 is 2.29 bits per heavy atom. The molecule has 0 aliphatic carbocycles. The van der Waals surface area contributed by atoms with Crippen LogP contribution in [0.4, 0.5) is 0 Å². The number of hydrogen-bond acceptors (Lipinski definition) is 3. The van der Waals surface area contributed by atoms with Crippen molar-refractivity contribution >= 4 is 0 Å². The van der Waals surface area contributed by atoms with E-state index in [-0.39, 0.29) is 6.04 Å². The molecule has 1 rings (SSSR count). The predicted octanol–water partition coefficient (Wildman–Crippen LogP) is 2.02. The molecule has 0 spiro atoms. The van der Waals surface area contributed by atoms with Crippen LogP contribution in [-0.2, 0) is 6.54 Å². The lowest BCUT2D eigenvalue weighted by Gasteiger charge is -2.30. The molecule has 0 saturated carbocycles. The summed E-state index contributed by atoms with van der Waals surface area (Å²) in [6.45, 7) is 12.9. The monoisotopic (exact) mass is 238 g/mol. The van der Waals surface area contributed by atoms with Crippen LogP contribution in [0.1, 0.15) is 46.4 Å². The third kappa shape index (κ3) is 3.82. The first-order valence-corrected chi connectivity index (χ1v) is 6.44. The standard InChI is InChI=1S/C13H26N4/c1-10(2)17(11(3)4)7-6-16-9-15-8-13(16)12(5)14/h8-12H,6-7,14H2,1-5H3/t12-/m0/s1. The van der Waals surface area contributed by atoms with Gasteiger partial charge in [0.25, 0.3) is 0 Å². The van der Waals surface area contributed by atoms with Crippen molar-refractivity contribution in [3.63, 3.8) is 0 Å². The van der Waals surface area contributed by atoms with Gasteiger partial charge in [-0.2, -0.15) is 0 Å². The summed E-state index contributed by atoms with van der Waals surface area (Å²) in [5.41, 5.74) is 7.02. The fourth-order valence-corrected chi connectivity index (χ4v) is 2.23. The van der Waals surface area contributed by atoms with Crippen LogP contribution in [0.5, 0.6) is 0 Å². The van der Waals surface area contributed by atoms with Crippen molar-refractivity contribution in [3.05, 3.63) is 18.2 Å². The molecule has 0 aromatic carbocycles. The van der Waals surface area contributed by atoms with Crippen LogP contribution in [0.25, 0.3) is 0 Å². The van der Waals surface area contributed by atoms with Gasteiger partial charge in [0.2, 0.25) is 0 Å². The summed E-state index contributed by atoms with van der Waals surface area (Å²) in [5.74, 6) is 0. The second-order valence-corrected chi connectivity index (χ2v) is 5.23. The minimum Gasteiger partial charge on any atom is -0.332 e. The number of imidazole rings is 1. The molecule has 0 aliphatic heterocycles. The van der Waals surface area contributed by atoms with Gasteiger partial charge >= 0.3 is 0 Å². The molecule has 0 amide bonds. The Morgan fingerprint density at radius 2 is 1.82 bits per heavy atom. The van der Waals surface area contributed by atoms with Gasteiger partial charge in [-0.15, -0.1) is 0 Å². The zero-order valence-electron chi connectivity index (χ0n) is 11.7. The highest BCUT2D eigenvalue weighted by atomic mass is 15.2. The van der Waals surface area contributed by atoms with E-state index in [4.69, 9.17) is 5.73 Å². The molecule has 0 aliphatic rings. The first kappa shape index (κ1) is 14.2. The van der Waals surface area contributed by atoms with Gasteiger partial charge in [0.05, 0.1) is 12.0 Å². The molecule has 0 saturated heterocycles. The summed E-state index contributed by atoms with van der Waals surface area (Å²) in [5, 5.41) is 0. The summed E-state index contributed by atoms with van der Waals surface area (Å²) in [7, 11) is 0. The Balaban J connectivity index is 2.62. The van der Waals surface area contributed by atoms with E-state index in [1.807, 2.05) is 19.4 Å². The molecule has 2 N–H and O–H groups in total. The minimum atomic E-state index is 0.0454. The SMILES string of the molecule is CC(C)N(CCn1cncc1[C@H](C)N)C(C)C. The number of rotatable bonds is 6. The second kappa shape index (κ2) is 6.17. The number of hydrogen-bond donors (Lipinski definition) is 1. The van der Waals surface area contributed by atoms with Crippen LogP contribution < -0.4 is 5.73 Å². The topological polar surface area (TPSA) is 47.1 Å². The molecular weight excluding hydrogens is 212 g/mol. The van der Waals surface area contributed by atoms with E-state index in [1.54, 1.807) is 0 Å². The van der Waals surface area contributed by atoms with Crippen molar-refractivity contribution in [2.24, 2.45) is 5.73 Å². The fourth-order valence-electron chi connectivity index (χ4n) is 2.23. The molecule has 0 fully saturated rings. The van der Waals surface area contributed by atoms with Crippen molar-refractivity contribution in [2.75, 3.05) is 6.54 Å². The Bertz CT molecular complexity index is 320. The maximum Gasteiger partial charge on any atom is 0.0949 e. The van der Waals surface area contributed by atoms with Gasteiger partial charge in [0.15, 0.2) is 0 Å². The minimum absolute atomic E-state index is 0.0454. The highest BCUT2D eigenvalue weighted by Crippen LogP contribution is 2.10. The van der Waals surface area contributed by atoms with E-state index in [9.17, 15) is 0 Å². The Labute approximate surface area is 105 Å². The van der Waals surface area contributed by atoms with E-state index in [2.05, 4.69) is 42.1 Å². The Kier molecular flexibility index (Phi) is 5.15.